The molecule has 2 aromatic heterocycles. The fourth-order valence-electron chi connectivity index (χ4n) is 2.28. The van der Waals surface area contributed by atoms with Gasteiger partial charge in [-0.2, -0.15) is 11.3 Å². The van der Waals surface area contributed by atoms with Crippen molar-refractivity contribution >= 4 is 34.5 Å². The van der Waals surface area contributed by atoms with Crippen LogP contribution in [0.3, 0.4) is 0 Å². The maximum atomic E-state index is 11.8. The number of amides is 2. The summed E-state index contributed by atoms with van der Waals surface area (Å²) in [5.74, 6) is -1.11. The fraction of sp³-hybridized carbons (Fsp3) is 0.333. The molecule has 4 nitrogen and oxygen atoms in total. The molecule has 0 unspecified atom stereocenters. The molecule has 6 heteroatoms. The predicted octanol–water partition coefficient (Wildman–Crippen LogP) is 2.27. The first-order valence-electron chi connectivity index (χ1n) is 6.81. The predicted molar refractivity (Wildman–Crippen MR) is 84.4 cm³/mol. The van der Waals surface area contributed by atoms with Gasteiger partial charge < -0.3 is 10.6 Å². The molecule has 1 saturated carbocycles. The van der Waals surface area contributed by atoms with Crippen LogP contribution in [0.4, 0.5) is 0 Å². The first kappa shape index (κ1) is 14.3. The summed E-state index contributed by atoms with van der Waals surface area (Å²) in [6, 6.07) is 5.95. The molecule has 0 bridgehead atoms. The Hall–Kier alpha value is -1.66. The van der Waals surface area contributed by atoms with Crippen molar-refractivity contribution in [1.82, 2.24) is 10.6 Å². The molecule has 0 saturated heterocycles. The molecule has 1 fully saturated rings. The van der Waals surface area contributed by atoms with Gasteiger partial charge in [0.25, 0.3) is 0 Å². The van der Waals surface area contributed by atoms with Gasteiger partial charge in [0.05, 0.1) is 6.54 Å². The Morgan fingerprint density at radius 1 is 1.14 bits per heavy atom. The van der Waals surface area contributed by atoms with Crippen LogP contribution < -0.4 is 10.6 Å². The molecule has 1 aliphatic rings. The van der Waals surface area contributed by atoms with Crippen LogP contribution in [0.25, 0.3) is 0 Å². The maximum Gasteiger partial charge on any atom is 0.309 e. The molecule has 1 aliphatic carbocycles. The molecule has 2 heterocycles. The van der Waals surface area contributed by atoms with Gasteiger partial charge >= 0.3 is 11.8 Å². The van der Waals surface area contributed by atoms with Gasteiger partial charge in [-0.25, -0.2) is 0 Å². The first-order chi connectivity index (χ1) is 10.2. The summed E-state index contributed by atoms with van der Waals surface area (Å²) in [6.45, 7) is 0.939. The zero-order valence-electron chi connectivity index (χ0n) is 11.4. The number of carbonyl (C=O) groups is 2. The molecule has 0 atom stereocenters. The molecule has 21 heavy (non-hydrogen) atoms. The molecular weight excluding hydrogens is 304 g/mol. The number of rotatable bonds is 5. The maximum absolute atomic E-state index is 11.8. The van der Waals surface area contributed by atoms with E-state index in [1.807, 2.05) is 22.9 Å². The number of nitrogens with one attached hydrogen (secondary N) is 2. The van der Waals surface area contributed by atoms with E-state index in [1.165, 1.54) is 5.56 Å². The summed E-state index contributed by atoms with van der Waals surface area (Å²) in [6.07, 6.45) is 2.14. The van der Waals surface area contributed by atoms with E-state index in [0.717, 1.165) is 17.7 Å². The highest BCUT2D eigenvalue weighted by atomic mass is 32.1. The smallest absolute Gasteiger partial charge is 0.309 e. The summed E-state index contributed by atoms with van der Waals surface area (Å²) in [7, 11) is 0. The third-order valence-electron chi connectivity index (χ3n) is 3.78. The molecular formula is C15H16N2O2S2. The lowest BCUT2D eigenvalue weighted by Crippen LogP contribution is -2.42. The van der Waals surface area contributed by atoms with Gasteiger partial charge in [0.15, 0.2) is 0 Å². The van der Waals surface area contributed by atoms with Crippen molar-refractivity contribution in [2.75, 3.05) is 6.54 Å². The second kappa shape index (κ2) is 5.99. The molecule has 3 rings (SSSR count). The highest BCUT2D eigenvalue weighted by Gasteiger charge is 2.44. The third-order valence-corrected chi connectivity index (χ3v) is 5.34. The normalized spacial score (nSPS) is 15.4. The van der Waals surface area contributed by atoms with Crippen LogP contribution in [-0.4, -0.2) is 18.4 Å². The number of hydrogen-bond donors (Lipinski definition) is 2. The van der Waals surface area contributed by atoms with E-state index in [-0.39, 0.29) is 5.41 Å². The van der Waals surface area contributed by atoms with Gasteiger partial charge in [-0.1, -0.05) is 6.07 Å². The van der Waals surface area contributed by atoms with Crippen molar-refractivity contribution in [2.45, 2.75) is 24.8 Å². The van der Waals surface area contributed by atoms with Crippen molar-refractivity contribution in [3.63, 3.8) is 0 Å². The Labute approximate surface area is 131 Å². The third kappa shape index (κ3) is 3.33. The quantitative estimate of drug-likeness (QED) is 0.830. The summed E-state index contributed by atoms with van der Waals surface area (Å²) < 4.78 is 0. The van der Waals surface area contributed by atoms with Gasteiger partial charge in [-0.3, -0.25) is 9.59 Å². The van der Waals surface area contributed by atoms with Crippen molar-refractivity contribution in [2.24, 2.45) is 0 Å². The van der Waals surface area contributed by atoms with Crippen LogP contribution in [0.1, 0.15) is 23.3 Å². The number of hydrogen-bond acceptors (Lipinski definition) is 4. The zero-order chi connectivity index (χ0) is 14.7. The van der Waals surface area contributed by atoms with Crippen LogP contribution in [-0.2, 0) is 21.5 Å². The minimum Gasteiger partial charge on any atom is -0.347 e. The molecule has 2 aromatic rings. The molecule has 2 N–H and O–H groups in total. The SMILES string of the molecule is O=C(NCc1cccs1)C(=O)NCC1(c2ccsc2)CC1. The minimum atomic E-state index is -0.565. The van der Waals surface area contributed by atoms with Crippen LogP contribution in [0.15, 0.2) is 34.3 Å². The monoisotopic (exact) mass is 320 g/mol. The Morgan fingerprint density at radius 3 is 2.57 bits per heavy atom. The summed E-state index contributed by atoms with van der Waals surface area (Å²) in [4.78, 5) is 24.6. The van der Waals surface area contributed by atoms with Crippen LogP contribution in [0.2, 0.25) is 0 Å². The standard InChI is InChI=1S/C15H16N2O2S2/c18-13(16-8-12-2-1-6-21-12)14(19)17-10-15(4-5-15)11-3-7-20-9-11/h1-3,6-7,9H,4-5,8,10H2,(H,16,18)(H,17,19). The summed E-state index contributed by atoms with van der Waals surface area (Å²) in [5, 5.41) is 11.5. The van der Waals surface area contributed by atoms with Crippen LogP contribution >= 0.6 is 22.7 Å². The lowest BCUT2D eigenvalue weighted by molar-refractivity contribution is -0.139. The van der Waals surface area contributed by atoms with E-state index in [0.29, 0.717) is 13.1 Å². The topological polar surface area (TPSA) is 58.2 Å². The Balaban J connectivity index is 1.47. The highest BCUT2D eigenvalue weighted by molar-refractivity contribution is 7.09. The van der Waals surface area contributed by atoms with Crippen molar-refractivity contribution in [1.29, 1.82) is 0 Å². The molecule has 0 aromatic carbocycles. The summed E-state index contributed by atoms with van der Waals surface area (Å²) >= 11 is 3.22. The van der Waals surface area contributed by atoms with Gasteiger partial charge in [0.2, 0.25) is 0 Å². The van der Waals surface area contributed by atoms with E-state index in [2.05, 4.69) is 22.1 Å². The molecule has 0 aliphatic heterocycles. The molecule has 0 spiro atoms. The van der Waals surface area contributed by atoms with E-state index >= 15 is 0 Å². The van der Waals surface area contributed by atoms with E-state index < -0.39 is 11.8 Å². The number of thiophene rings is 2. The van der Waals surface area contributed by atoms with Gasteiger partial charge in [-0.15, -0.1) is 11.3 Å². The average molecular weight is 320 g/mol. The van der Waals surface area contributed by atoms with E-state index in [9.17, 15) is 9.59 Å². The lowest BCUT2D eigenvalue weighted by Gasteiger charge is -2.14. The molecule has 110 valence electrons. The van der Waals surface area contributed by atoms with Gasteiger partial charge in [0, 0.05) is 16.8 Å². The minimum absolute atomic E-state index is 0.0592. The van der Waals surface area contributed by atoms with Gasteiger partial charge in [-0.05, 0) is 46.7 Å². The summed E-state index contributed by atoms with van der Waals surface area (Å²) in [5.41, 5.74) is 1.33. The number of carbonyl (C=O) groups excluding carboxylic acids is 2. The largest absolute Gasteiger partial charge is 0.347 e. The van der Waals surface area contributed by atoms with Crippen molar-refractivity contribution < 1.29 is 9.59 Å². The first-order valence-corrected chi connectivity index (χ1v) is 8.63. The van der Waals surface area contributed by atoms with Crippen LogP contribution in [0, 0.1) is 0 Å². The zero-order valence-corrected chi connectivity index (χ0v) is 13.1. The lowest BCUT2D eigenvalue weighted by atomic mass is 9.99. The van der Waals surface area contributed by atoms with E-state index in [4.69, 9.17) is 0 Å². The second-order valence-electron chi connectivity index (χ2n) is 5.24. The van der Waals surface area contributed by atoms with Gasteiger partial charge in [0.1, 0.15) is 0 Å². The highest BCUT2D eigenvalue weighted by Crippen LogP contribution is 2.48. The molecule has 2 amide bonds. The average Bonchev–Trinajstić information content (AvgIpc) is 2.95. The second-order valence-corrected chi connectivity index (χ2v) is 7.05. The van der Waals surface area contributed by atoms with Crippen molar-refractivity contribution in [3.05, 3.63) is 44.8 Å². The Bertz CT molecular complexity index is 616. The van der Waals surface area contributed by atoms with E-state index in [1.54, 1.807) is 22.7 Å². The van der Waals surface area contributed by atoms with Crippen molar-refractivity contribution in [3.8, 4) is 0 Å². The Kier molecular flexibility index (Phi) is 4.07. The molecule has 0 radical (unpaired) electrons. The Morgan fingerprint density at radius 2 is 1.95 bits per heavy atom. The fourth-order valence-corrected chi connectivity index (χ4v) is 3.70. The van der Waals surface area contributed by atoms with Crippen LogP contribution in [0.5, 0.6) is 0 Å².